The van der Waals surface area contributed by atoms with Crippen LogP contribution in [0.5, 0.6) is 11.5 Å². The quantitative estimate of drug-likeness (QED) is 0.510. The maximum atomic E-state index is 12.6. The molecule has 1 N–H and O–H groups in total. The molecule has 1 aromatic carbocycles. The number of ether oxygens (including phenoxy) is 2. The number of benzene rings is 1. The van der Waals surface area contributed by atoms with Crippen LogP contribution in [0.2, 0.25) is 0 Å². The Morgan fingerprint density at radius 2 is 2.00 bits per heavy atom. The van der Waals surface area contributed by atoms with Gasteiger partial charge in [0.05, 0.1) is 0 Å². The fraction of sp³-hybridized carbons (Fsp3) is 0.235. The predicted molar refractivity (Wildman–Crippen MR) is 103 cm³/mol. The number of nitrogens with zero attached hydrogens (tertiary/aromatic N) is 2. The highest BCUT2D eigenvalue weighted by molar-refractivity contribution is 8.00. The maximum absolute atomic E-state index is 12.6. The van der Waals surface area contributed by atoms with Gasteiger partial charge >= 0.3 is 0 Å². The number of thiophene rings is 1. The van der Waals surface area contributed by atoms with E-state index in [2.05, 4.69) is 21.6 Å². The lowest BCUT2D eigenvalue weighted by molar-refractivity contribution is -0.128. The third kappa shape index (κ3) is 3.84. The van der Waals surface area contributed by atoms with Gasteiger partial charge < -0.3 is 9.47 Å². The van der Waals surface area contributed by atoms with E-state index >= 15 is 0 Å². The molecule has 9 heteroatoms. The third-order valence-electron chi connectivity index (χ3n) is 3.66. The van der Waals surface area contributed by atoms with Gasteiger partial charge in [-0.2, -0.15) is 0 Å². The highest BCUT2D eigenvalue weighted by Gasteiger charge is 2.34. The van der Waals surface area contributed by atoms with Crippen molar-refractivity contribution in [2.75, 3.05) is 5.32 Å². The molecule has 6 nitrogen and oxygen atoms in total. The van der Waals surface area contributed by atoms with Gasteiger partial charge in [0.15, 0.2) is 15.8 Å². The first-order chi connectivity index (χ1) is 12.7. The summed E-state index contributed by atoms with van der Waals surface area (Å²) in [6, 6.07) is 11.4. The Bertz CT molecular complexity index is 898. The molecule has 0 fully saturated rings. The monoisotopic (exact) mass is 405 g/mol. The van der Waals surface area contributed by atoms with Crippen molar-refractivity contribution in [3.05, 3.63) is 46.7 Å². The van der Waals surface area contributed by atoms with Crippen molar-refractivity contribution < 1.29 is 14.3 Å². The van der Waals surface area contributed by atoms with Crippen molar-refractivity contribution >= 4 is 45.5 Å². The van der Waals surface area contributed by atoms with E-state index in [-0.39, 0.29) is 5.91 Å². The van der Waals surface area contributed by atoms with E-state index in [1.165, 1.54) is 16.2 Å². The van der Waals surface area contributed by atoms with Crippen molar-refractivity contribution in [2.45, 2.75) is 29.2 Å². The first kappa shape index (κ1) is 17.3. The highest BCUT2D eigenvalue weighted by atomic mass is 32.2. The number of aromatic nitrogens is 2. The average Bonchev–Trinajstić information content (AvgIpc) is 3.31. The van der Waals surface area contributed by atoms with Crippen molar-refractivity contribution in [1.29, 1.82) is 0 Å². The van der Waals surface area contributed by atoms with Crippen molar-refractivity contribution in [1.82, 2.24) is 10.2 Å². The molecule has 0 saturated carbocycles. The first-order valence-corrected chi connectivity index (χ1v) is 10.6. The molecule has 1 amide bonds. The van der Waals surface area contributed by atoms with Gasteiger partial charge in [0.2, 0.25) is 11.2 Å². The van der Waals surface area contributed by atoms with Crippen LogP contribution in [-0.4, -0.2) is 28.3 Å². The zero-order chi connectivity index (χ0) is 17.9. The number of anilines is 1. The number of carbonyl (C=O) groups excluding carboxylic acids is 1. The van der Waals surface area contributed by atoms with Crippen LogP contribution in [0, 0.1) is 0 Å². The van der Waals surface area contributed by atoms with E-state index in [0.29, 0.717) is 16.6 Å². The van der Waals surface area contributed by atoms with Gasteiger partial charge in [-0.1, -0.05) is 41.3 Å². The topological polar surface area (TPSA) is 73.3 Å². The number of hydrogen-bond donors (Lipinski definition) is 1. The molecule has 4 rings (SSSR count). The van der Waals surface area contributed by atoms with Crippen LogP contribution in [0.1, 0.15) is 11.8 Å². The Labute approximate surface area is 162 Å². The van der Waals surface area contributed by atoms with E-state index in [9.17, 15) is 4.79 Å². The minimum atomic E-state index is -0.740. The van der Waals surface area contributed by atoms with E-state index in [4.69, 9.17) is 9.47 Å². The fourth-order valence-electron chi connectivity index (χ4n) is 2.43. The van der Waals surface area contributed by atoms with E-state index < -0.39 is 12.2 Å². The third-order valence-corrected chi connectivity index (χ3v) is 6.74. The Morgan fingerprint density at radius 1 is 1.19 bits per heavy atom. The van der Waals surface area contributed by atoms with Crippen LogP contribution in [0.3, 0.4) is 0 Å². The van der Waals surface area contributed by atoms with Gasteiger partial charge in [-0.25, -0.2) is 0 Å². The Morgan fingerprint density at radius 3 is 2.77 bits per heavy atom. The standard InChI is InChI=1S/C17H15N3O3S3/c1-10-14(23-13-7-3-2-6-12(13)22-10)15(21)18-16-19-20-17(26-16)25-9-11-5-4-8-24-11/h2-8,10,14H,9H2,1H3,(H,18,19,21)/t10-,14+/m0/s1. The maximum Gasteiger partial charge on any atom is 0.271 e. The molecule has 3 aromatic rings. The summed E-state index contributed by atoms with van der Waals surface area (Å²) >= 11 is 4.66. The minimum Gasteiger partial charge on any atom is -0.482 e. The summed E-state index contributed by atoms with van der Waals surface area (Å²) in [7, 11) is 0. The summed E-state index contributed by atoms with van der Waals surface area (Å²) < 4.78 is 12.4. The van der Waals surface area contributed by atoms with Crippen LogP contribution in [-0.2, 0) is 10.5 Å². The average molecular weight is 406 g/mol. The lowest BCUT2D eigenvalue weighted by Crippen LogP contribution is -2.46. The summed E-state index contributed by atoms with van der Waals surface area (Å²) in [5, 5.41) is 13.4. The SMILES string of the molecule is C[C@@H]1Oc2ccccc2O[C@H]1C(=O)Nc1nnc(SCc2cccs2)s1. The zero-order valence-corrected chi connectivity index (χ0v) is 16.2. The van der Waals surface area contributed by atoms with Crippen molar-refractivity contribution in [3.63, 3.8) is 0 Å². The number of thioether (sulfide) groups is 1. The summed E-state index contributed by atoms with van der Waals surface area (Å²) in [5.74, 6) is 1.76. The van der Waals surface area contributed by atoms with Crippen LogP contribution in [0.15, 0.2) is 46.1 Å². The second-order valence-corrected chi connectivity index (χ2v) is 8.77. The molecule has 134 valence electrons. The second-order valence-electron chi connectivity index (χ2n) is 5.54. The number of amides is 1. The molecule has 1 aliphatic heterocycles. The fourth-order valence-corrected chi connectivity index (χ4v) is 4.96. The number of para-hydroxylation sites is 2. The smallest absolute Gasteiger partial charge is 0.271 e. The molecular weight excluding hydrogens is 390 g/mol. The highest BCUT2D eigenvalue weighted by Crippen LogP contribution is 2.34. The summed E-state index contributed by atoms with van der Waals surface area (Å²) in [4.78, 5) is 13.8. The zero-order valence-electron chi connectivity index (χ0n) is 13.7. The van der Waals surface area contributed by atoms with Gasteiger partial charge in [0, 0.05) is 10.6 Å². The molecule has 3 heterocycles. The summed E-state index contributed by atoms with van der Waals surface area (Å²) in [5.41, 5.74) is 0. The molecule has 0 bridgehead atoms. The molecule has 0 unspecified atom stereocenters. The molecular formula is C17H15N3O3S3. The van der Waals surface area contributed by atoms with E-state index in [1.807, 2.05) is 36.6 Å². The minimum absolute atomic E-state index is 0.294. The lowest BCUT2D eigenvalue weighted by Gasteiger charge is -2.30. The molecule has 2 aromatic heterocycles. The number of fused-ring (bicyclic) bond motifs is 1. The second kappa shape index (κ2) is 7.65. The van der Waals surface area contributed by atoms with Crippen molar-refractivity contribution in [3.8, 4) is 11.5 Å². The van der Waals surface area contributed by atoms with E-state index in [0.717, 1.165) is 10.1 Å². The Kier molecular flexibility index (Phi) is 5.09. The molecule has 2 atom stereocenters. The number of nitrogens with one attached hydrogen (secondary N) is 1. The van der Waals surface area contributed by atoms with Crippen LogP contribution in [0.4, 0.5) is 5.13 Å². The Hall–Kier alpha value is -2.10. The molecule has 0 saturated heterocycles. The van der Waals surface area contributed by atoms with Gasteiger partial charge in [-0.15, -0.1) is 21.5 Å². The molecule has 1 aliphatic rings. The van der Waals surface area contributed by atoms with Gasteiger partial charge in [0.25, 0.3) is 5.91 Å². The molecule has 0 aliphatic carbocycles. The van der Waals surface area contributed by atoms with Crippen LogP contribution in [0.25, 0.3) is 0 Å². The number of carbonyl (C=O) groups is 1. The van der Waals surface area contributed by atoms with Gasteiger partial charge in [-0.3, -0.25) is 10.1 Å². The van der Waals surface area contributed by atoms with Gasteiger partial charge in [-0.05, 0) is 30.5 Å². The number of rotatable bonds is 5. The lowest BCUT2D eigenvalue weighted by atomic mass is 10.1. The van der Waals surface area contributed by atoms with Gasteiger partial charge in [0.1, 0.15) is 6.10 Å². The predicted octanol–water partition coefficient (Wildman–Crippen LogP) is 4.06. The normalized spacial score (nSPS) is 18.5. The molecule has 26 heavy (non-hydrogen) atoms. The van der Waals surface area contributed by atoms with Crippen LogP contribution < -0.4 is 14.8 Å². The van der Waals surface area contributed by atoms with Crippen LogP contribution >= 0.6 is 34.4 Å². The van der Waals surface area contributed by atoms with Crippen molar-refractivity contribution in [2.24, 2.45) is 0 Å². The molecule has 0 radical (unpaired) electrons. The summed E-state index contributed by atoms with van der Waals surface area (Å²) in [6.07, 6.45) is -1.14. The largest absolute Gasteiger partial charge is 0.482 e. The van der Waals surface area contributed by atoms with E-state index in [1.54, 1.807) is 29.2 Å². The molecule has 0 spiro atoms. The summed E-state index contributed by atoms with van der Waals surface area (Å²) in [6.45, 7) is 1.81. The first-order valence-electron chi connectivity index (χ1n) is 7.91. The Balaban J connectivity index is 1.37. The number of hydrogen-bond acceptors (Lipinski definition) is 8.